The molecule has 2 saturated heterocycles. The van der Waals surface area contributed by atoms with Crippen molar-refractivity contribution in [2.24, 2.45) is 11.8 Å². The minimum atomic E-state index is -0.729. The Morgan fingerprint density at radius 3 is 2.21 bits per heavy atom. The number of nitrogens with one attached hydrogen (secondary N) is 1. The van der Waals surface area contributed by atoms with Crippen LogP contribution in [0.3, 0.4) is 0 Å². The van der Waals surface area contributed by atoms with Crippen molar-refractivity contribution in [2.75, 3.05) is 32.1 Å². The maximum absolute atomic E-state index is 13.5. The minimum Gasteiger partial charge on any atom is -0.378 e. The van der Waals surface area contributed by atoms with Crippen molar-refractivity contribution in [2.45, 2.75) is 58.7 Å². The third-order valence-corrected chi connectivity index (χ3v) is 6.44. The Kier molecular flexibility index (Phi) is 7.44. The normalized spacial score (nSPS) is 20.9. The van der Waals surface area contributed by atoms with E-state index in [0.29, 0.717) is 24.9 Å². The number of rotatable bonds is 7. The molecule has 2 heterocycles. The monoisotopic (exact) mass is 456 g/mol. The molecular weight excluding hydrogens is 420 g/mol. The number of hydrogen-bond donors (Lipinski definition) is 1. The Morgan fingerprint density at radius 1 is 1.03 bits per heavy atom. The van der Waals surface area contributed by atoms with Crippen molar-refractivity contribution >= 4 is 29.2 Å². The lowest BCUT2D eigenvalue weighted by Crippen LogP contribution is -2.53. The van der Waals surface area contributed by atoms with Gasteiger partial charge in [-0.2, -0.15) is 0 Å². The number of carbonyl (C=O) groups is 4. The Balaban J connectivity index is 1.76. The topological polar surface area (TPSA) is 90.0 Å². The van der Waals surface area contributed by atoms with Gasteiger partial charge in [0.15, 0.2) is 5.78 Å². The summed E-state index contributed by atoms with van der Waals surface area (Å²) < 4.78 is 0. The van der Waals surface area contributed by atoms with E-state index in [0.717, 1.165) is 5.69 Å². The second-order valence-corrected chi connectivity index (χ2v) is 10.0. The van der Waals surface area contributed by atoms with Crippen molar-refractivity contribution in [1.29, 1.82) is 0 Å². The van der Waals surface area contributed by atoms with Gasteiger partial charge in [-0.1, -0.05) is 27.7 Å². The number of ketones is 1. The second-order valence-electron chi connectivity index (χ2n) is 10.0. The third-order valence-electron chi connectivity index (χ3n) is 6.44. The Hall–Kier alpha value is -2.90. The lowest BCUT2D eigenvalue weighted by molar-refractivity contribution is -0.138. The van der Waals surface area contributed by atoms with Gasteiger partial charge in [0, 0.05) is 37.8 Å². The first-order chi connectivity index (χ1) is 15.5. The van der Waals surface area contributed by atoms with Gasteiger partial charge in [-0.05, 0) is 43.0 Å². The molecule has 2 fully saturated rings. The molecule has 2 unspecified atom stereocenters. The summed E-state index contributed by atoms with van der Waals surface area (Å²) in [6.45, 7) is 8.08. The number of anilines is 1. The highest BCUT2D eigenvalue weighted by Gasteiger charge is 2.52. The number of nitrogens with zero attached hydrogens (tertiary/aromatic N) is 3. The zero-order valence-electron chi connectivity index (χ0n) is 20.5. The fourth-order valence-electron chi connectivity index (χ4n) is 4.74. The highest BCUT2D eigenvalue weighted by Crippen LogP contribution is 2.31. The summed E-state index contributed by atoms with van der Waals surface area (Å²) in [7, 11) is 3.85. The molecule has 0 aromatic heterocycles. The number of Topliss-reactive ketones (excluding diaryl/α,β-unsaturated/α-hetero) is 1. The smallest absolute Gasteiger partial charge is 0.251 e. The van der Waals surface area contributed by atoms with Gasteiger partial charge in [0.1, 0.15) is 12.1 Å². The van der Waals surface area contributed by atoms with E-state index in [9.17, 15) is 19.2 Å². The van der Waals surface area contributed by atoms with Crippen LogP contribution in [-0.4, -0.2) is 78.6 Å². The number of hydrogen-bond acceptors (Lipinski definition) is 5. The molecule has 1 aromatic carbocycles. The molecule has 180 valence electrons. The Bertz CT molecular complexity index is 909. The molecule has 8 nitrogen and oxygen atoms in total. The van der Waals surface area contributed by atoms with Gasteiger partial charge in [0.25, 0.3) is 5.91 Å². The molecule has 3 amide bonds. The maximum atomic E-state index is 13.5. The molecule has 0 saturated carbocycles. The van der Waals surface area contributed by atoms with Crippen LogP contribution in [0, 0.1) is 11.8 Å². The van der Waals surface area contributed by atoms with Crippen molar-refractivity contribution in [3.8, 4) is 0 Å². The third kappa shape index (κ3) is 5.20. The Morgan fingerprint density at radius 2 is 1.67 bits per heavy atom. The van der Waals surface area contributed by atoms with E-state index in [2.05, 4.69) is 5.32 Å². The van der Waals surface area contributed by atoms with Gasteiger partial charge in [-0.3, -0.25) is 19.2 Å². The lowest BCUT2D eigenvalue weighted by Gasteiger charge is -2.29. The molecule has 3 atom stereocenters. The molecule has 3 rings (SSSR count). The van der Waals surface area contributed by atoms with Crippen LogP contribution in [0.1, 0.15) is 50.9 Å². The SMILES string of the molecule is CC(C)C[C@H](NC(=O)c1ccc(N(C)C)cc1)C(=O)N1CCC2C1C(=O)CN2C(=O)C(C)C. The van der Waals surface area contributed by atoms with Gasteiger partial charge in [-0.25, -0.2) is 0 Å². The second kappa shape index (κ2) is 9.93. The van der Waals surface area contributed by atoms with Crippen molar-refractivity contribution < 1.29 is 19.2 Å². The first-order valence-electron chi connectivity index (χ1n) is 11.7. The standard InChI is InChI=1S/C25H36N4O4/c1-15(2)13-19(26-23(31)17-7-9-18(10-8-17)27(5)6)25(33)28-12-11-20-22(28)21(30)14-29(20)24(32)16(3)4/h7-10,15-16,19-20,22H,11-14H2,1-6H3,(H,26,31)/t19-,20?,22?/m0/s1. The van der Waals surface area contributed by atoms with Gasteiger partial charge in [-0.15, -0.1) is 0 Å². The molecule has 33 heavy (non-hydrogen) atoms. The number of likely N-dealkylation sites (tertiary alicyclic amines) is 2. The van der Waals surface area contributed by atoms with E-state index in [4.69, 9.17) is 0 Å². The molecule has 8 heteroatoms. The largest absolute Gasteiger partial charge is 0.378 e. The fourth-order valence-corrected chi connectivity index (χ4v) is 4.74. The molecule has 0 spiro atoms. The quantitative estimate of drug-likeness (QED) is 0.677. The molecular formula is C25H36N4O4. The maximum Gasteiger partial charge on any atom is 0.251 e. The highest BCUT2D eigenvalue weighted by molar-refractivity contribution is 6.01. The number of carbonyl (C=O) groups excluding carboxylic acids is 4. The zero-order valence-corrected chi connectivity index (χ0v) is 20.5. The molecule has 1 aromatic rings. The van der Waals surface area contributed by atoms with Gasteiger partial charge < -0.3 is 20.0 Å². The first kappa shape index (κ1) is 24.7. The lowest BCUT2D eigenvalue weighted by atomic mass is 10.0. The zero-order chi connectivity index (χ0) is 24.4. The summed E-state index contributed by atoms with van der Waals surface area (Å²) in [5, 5.41) is 2.90. The fraction of sp³-hybridized carbons (Fsp3) is 0.600. The van der Waals surface area contributed by atoms with E-state index in [1.165, 1.54) is 0 Å². The summed E-state index contributed by atoms with van der Waals surface area (Å²) in [6.07, 6.45) is 1.05. The molecule has 1 N–H and O–H groups in total. The summed E-state index contributed by atoms with van der Waals surface area (Å²) in [5.74, 6) is -0.751. The van der Waals surface area contributed by atoms with E-state index < -0.39 is 12.1 Å². The molecule has 0 aliphatic carbocycles. The van der Waals surface area contributed by atoms with Crippen LogP contribution >= 0.6 is 0 Å². The molecule has 2 aliphatic rings. The number of fused-ring (bicyclic) bond motifs is 1. The van der Waals surface area contributed by atoms with Crippen LogP contribution in [0.4, 0.5) is 5.69 Å². The summed E-state index contributed by atoms with van der Waals surface area (Å²) >= 11 is 0. The van der Waals surface area contributed by atoms with Crippen LogP contribution in [0.25, 0.3) is 0 Å². The Labute approximate surface area is 196 Å². The molecule has 2 aliphatic heterocycles. The minimum absolute atomic E-state index is 0.0511. The van der Waals surface area contributed by atoms with E-state index in [1.54, 1.807) is 21.9 Å². The molecule has 0 radical (unpaired) electrons. The van der Waals surface area contributed by atoms with Gasteiger partial charge >= 0.3 is 0 Å². The van der Waals surface area contributed by atoms with E-state index in [1.807, 2.05) is 58.8 Å². The van der Waals surface area contributed by atoms with Gasteiger partial charge in [0.2, 0.25) is 11.8 Å². The average Bonchev–Trinajstić information content (AvgIpc) is 3.33. The van der Waals surface area contributed by atoms with Crippen LogP contribution in [-0.2, 0) is 14.4 Å². The number of benzene rings is 1. The van der Waals surface area contributed by atoms with Crippen molar-refractivity contribution in [1.82, 2.24) is 15.1 Å². The molecule has 0 bridgehead atoms. The van der Waals surface area contributed by atoms with Crippen LogP contribution < -0.4 is 10.2 Å². The van der Waals surface area contributed by atoms with Crippen molar-refractivity contribution in [3.63, 3.8) is 0 Å². The van der Waals surface area contributed by atoms with Crippen LogP contribution in [0.5, 0.6) is 0 Å². The van der Waals surface area contributed by atoms with Crippen LogP contribution in [0.15, 0.2) is 24.3 Å². The van der Waals surface area contributed by atoms with E-state index in [-0.39, 0.29) is 47.9 Å². The summed E-state index contributed by atoms with van der Waals surface area (Å²) in [5.41, 5.74) is 1.46. The predicted octanol–water partition coefficient (Wildman–Crippen LogP) is 1.93. The van der Waals surface area contributed by atoms with Gasteiger partial charge in [0.05, 0.1) is 12.6 Å². The predicted molar refractivity (Wildman–Crippen MR) is 127 cm³/mol. The highest BCUT2D eigenvalue weighted by atomic mass is 16.2. The number of amides is 3. The average molecular weight is 457 g/mol. The summed E-state index contributed by atoms with van der Waals surface area (Å²) in [6, 6.07) is 5.57. The summed E-state index contributed by atoms with van der Waals surface area (Å²) in [4.78, 5) is 57.0. The van der Waals surface area contributed by atoms with Crippen LogP contribution in [0.2, 0.25) is 0 Å². The van der Waals surface area contributed by atoms with E-state index >= 15 is 0 Å². The first-order valence-corrected chi connectivity index (χ1v) is 11.7. The van der Waals surface area contributed by atoms with Crippen molar-refractivity contribution in [3.05, 3.63) is 29.8 Å².